The van der Waals surface area contributed by atoms with E-state index >= 15 is 0 Å². The average molecular weight is 199 g/mol. The summed E-state index contributed by atoms with van der Waals surface area (Å²) in [4.78, 5) is 0. The van der Waals surface area contributed by atoms with Gasteiger partial charge in [0, 0.05) is 6.54 Å². The lowest BCUT2D eigenvalue weighted by atomic mass is 9.89. The molecule has 0 spiro atoms. The molecule has 0 amide bonds. The average Bonchev–Trinajstić information content (AvgIpc) is 2.90. The van der Waals surface area contributed by atoms with Crippen molar-refractivity contribution in [2.75, 3.05) is 0 Å². The van der Waals surface area contributed by atoms with E-state index in [1.807, 2.05) is 0 Å². The normalized spacial score (nSPS) is 28.2. The highest BCUT2D eigenvalue weighted by Gasteiger charge is 2.33. The van der Waals surface area contributed by atoms with Crippen LogP contribution in [0, 0.1) is 11.8 Å². The van der Waals surface area contributed by atoms with Gasteiger partial charge in [-0.05, 0) is 47.8 Å². The van der Waals surface area contributed by atoms with Gasteiger partial charge in [0.2, 0.25) is 0 Å². The minimum Gasteiger partial charge on any atom is -0.326 e. The Bertz CT molecular complexity index is 406. The molecular weight excluding hydrogens is 182 g/mol. The fourth-order valence-corrected chi connectivity index (χ4v) is 3.13. The largest absolute Gasteiger partial charge is 0.326 e. The molecule has 2 unspecified atom stereocenters. The van der Waals surface area contributed by atoms with E-state index in [-0.39, 0.29) is 0 Å². The zero-order chi connectivity index (χ0) is 10.3. The van der Waals surface area contributed by atoms with Crippen LogP contribution in [-0.2, 0) is 6.54 Å². The van der Waals surface area contributed by atoms with Crippen LogP contribution in [0.2, 0.25) is 0 Å². The Kier molecular flexibility index (Phi) is 2.14. The lowest BCUT2D eigenvalue weighted by molar-refractivity contribution is 0.695. The molecular formula is C14H17N. The van der Waals surface area contributed by atoms with Gasteiger partial charge in [-0.2, -0.15) is 0 Å². The highest BCUT2D eigenvalue weighted by atomic mass is 14.5. The predicted octanol–water partition coefficient (Wildman–Crippen LogP) is 2.96. The van der Waals surface area contributed by atoms with Gasteiger partial charge >= 0.3 is 0 Å². The number of fused-ring (bicyclic) bond motifs is 2. The summed E-state index contributed by atoms with van der Waals surface area (Å²) >= 11 is 0. The zero-order valence-corrected chi connectivity index (χ0v) is 8.95. The first kappa shape index (κ1) is 9.17. The summed E-state index contributed by atoms with van der Waals surface area (Å²) in [6.07, 6.45) is 6.66. The first-order chi connectivity index (χ1) is 7.38. The first-order valence-electron chi connectivity index (χ1n) is 5.88. The van der Waals surface area contributed by atoms with Crippen LogP contribution in [-0.4, -0.2) is 0 Å². The second-order valence-corrected chi connectivity index (χ2v) is 4.75. The van der Waals surface area contributed by atoms with Crippen molar-refractivity contribution in [3.05, 3.63) is 41.5 Å². The van der Waals surface area contributed by atoms with Gasteiger partial charge in [-0.25, -0.2) is 0 Å². The molecule has 1 fully saturated rings. The van der Waals surface area contributed by atoms with Crippen LogP contribution in [0.25, 0.3) is 5.57 Å². The Balaban J connectivity index is 2.03. The van der Waals surface area contributed by atoms with Gasteiger partial charge in [0.25, 0.3) is 0 Å². The van der Waals surface area contributed by atoms with Gasteiger partial charge in [-0.15, -0.1) is 0 Å². The van der Waals surface area contributed by atoms with Gasteiger partial charge in [0.1, 0.15) is 0 Å². The molecule has 1 heteroatoms. The molecule has 2 N–H and O–H groups in total. The van der Waals surface area contributed by atoms with Crippen molar-refractivity contribution in [3.8, 4) is 0 Å². The molecule has 0 aromatic heterocycles. The van der Waals surface area contributed by atoms with Crippen molar-refractivity contribution >= 4 is 5.57 Å². The Morgan fingerprint density at radius 3 is 2.73 bits per heavy atom. The van der Waals surface area contributed by atoms with Crippen LogP contribution < -0.4 is 5.73 Å². The van der Waals surface area contributed by atoms with Gasteiger partial charge in [0.05, 0.1) is 0 Å². The molecule has 2 aliphatic rings. The fourth-order valence-electron chi connectivity index (χ4n) is 3.13. The van der Waals surface area contributed by atoms with E-state index in [1.165, 1.54) is 30.4 Å². The Morgan fingerprint density at radius 1 is 1.20 bits per heavy atom. The standard InChI is InChI=1S/C14H17N/c15-9-12-3-1-2-4-13(12)14-8-10-5-6-11(14)7-10/h1-4,8,10-11H,5-7,9,15H2. The summed E-state index contributed by atoms with van der Waals surface area (Å²) in [5, 5.41) is 0. The molecule has 1 nitrogen and oxygen atoms in total. The summed E-state index contributed by atoms with van der Waals surface area (Å²) in [7, 11) is 0. The third-order valence-electron chi connectivity index (χ3n) is 3.88. The number of allylic oxidation sites excluding steroid dienone is 2. The maximum absolute atomic E-state index is 5.79. The number of benzene rings is 1. The summed E-state index contributed by atoms with van der Waals surface area (Å²) in [6.45, 7) is 0.658. The molecule has 2 bridgehead atoms. The Hall–Kier alpha value is -1.08. The van der Waals surface area contributed by atoms with Crippen molar-refractivity contribution < 1.29 is 0 Å². The Labute approximate surface area is 91.0 Å². The van der Waals surface area contributed by atoms with Crippen molar-refractivity contribution in [3.63, 3.8) is 0 Å². The SMILES string of the molecule is NCc1ccccc1C1=CC2CCC1C2. The van der Waals surface area contributed by atoms with E-state index in [2.05, 4.69) is 30.3 Å². The first-order valence-corrected chi connectivity index (χ1v) is 5.88. The van der Waals surface area contributed by atoms with E-state index in [9.17, 15) is 0 Å². The molecule has 0 aliphatic heterocycles. The fraction of sp³-hybridized carbons (Fsp3) is 0.429. The van der Waals surface area contributed by atoms with Crippen LogP contribution in [0.3, 0.4) is 0 Å². The quantitative estimate of drug-likeness (QED) is 0.778. The lowest BCUT2D eigenvalue weighted by Gasteiger charge is -2.16. The van der Waals surface area contributed by atoms with Crippen molar-refractivity contribution in [1.29, 1.82) is 0 Å². The molecule has 78 valence electrons. The van der Waals surface area contributed by atoms with Crippen molar-refractivity contribution in [2.45, 2.75) is 25.8 Å². The van der Waals surface area contributed by atoms with E-state index in [1.54, 1.807) is 5.57 Å². The van der Waals surface area contributed by atoms with Crippen molar-refractivity contribution in [2.24, 2.45) is 17.6 Å². The molecule has 1 aromatic carbocycles. The molecule has 0 heterocycles. The smallest absolute Gasteiger partial charge is 0.0184 e. The maximum atomic E-state index is 5.79. The van der Waals surface area contributed by atoms with Gasteiger partial charge in [-0.1, -0.05) is 30.3 Å². The number of hydrogen-bond donors (Lipinski definition) is 1. The molecule has 0 radical (unpaired) electrons. The monoisotopic (exact) mass is 199 g/mol. The second kappa shape index (κ2) is 3.49. The van der Waals surface area contributed by atoms with Crippen LogP contribution >= 0.6 is 0 Å². The molecule has 2 atom stereocenters. The Morgan fingerprint density at radius 2 is 2.07 bits per heavy atom. The molecule has 2 aliphatic carbocycles. The zero-order valence-electron chi connectivity index (χ0n) is 8.95. The van der Waals surface area contributed by atoms with E-state index < -0.39 is 0 Å². The van der Waals surface area contributed by atoms with Gasteiger partial charge in [0.15, 0.2) is 0 Å². The second-order valence-electron chi connectivity index (χ2n) is 4.75. The molecule has 0 saturated heterocycles. The maximum Gasteiger partial charge on any atom is 0.0184 e. The van der Waals surface area contributed by atoms with Gasteiger partial charge < -0.3 is 5.73 Å². The molecule has 1 saturated carbocycles. The highest BCUT2D eigenvalue weighted by Crippen LogP contribution is 2.48. The van der Waals surface area contributed by atoms with Crippen LogP contribution in [0.15, 0.2) is 30.3 Å². The minimum atomic E-state index is 0.658. The van der Waals surface area contributed by atoms with Gasteiger partial charge in [-0.3, -0.25) is 0 Å². The third kappa shape index (κ3) is 1.42. The molecule has 1 aromatic rings. The minimum absolute atomic E-state index is 0.658. The summed E-state index contributed by atoms with van der Waals surface area (Å²) in [5.41, 5.74) is 10.1. The van der Waals surface area contributed by atoms with Crippen LogP contribution in [0.5, 0.6) is 0 Å². The van der Waals surface area contributed by atoms with E-state index in [0.717, 1.165) is 11.8 Å². The number of rotatable bonds is 2. The number of nitrogens with two attached hydrogens (primary N) is 1. The van der Waals surface area contributed by atoms with Crippen molar-refractivity contribution in [1.82, 2.24) is 0 Å². The topological polar surface area (TPSA) is 26.0 Å². The summed E-state index contributed by atoms with van der Waals surface area (Å²) < 4.78 is 0. The highest BCUT2D eigenvalue weighted by molar-refractivity contribution is 5.72. The summed E-state index contributed by atoms with van der Waals surface area (Å²) in [5.74, 6) is 1.68. The molecule has 3 rings (SSSR count). The third-order valence-corrected chi connectivity index (χ3v) is 3.88. The number of hydrogen-bond acceptors (Lipinski definition) is 1. The van der Waals surface area contributed by atoms with E-state index in [4.69, 9.17) is 5.73 Å². The molecule has 15 heavy (non-hydrogen) atoms. The predicted molar refractivity (Wildman–Crippen MR) is 63.1 cm³/mol. The van der Waals surface area contributed by atoms with Crippen LogP contribution in [0.1, 0.15) is 30.4 Å². The lowest BCUT2D eigenvalue weighted by Crippen LogP contribution is -2.04. The van der Waals surface area contributed by atoms with Crippen LogP contribution in [0.4, 0.5) is 0 Å². The van der Waals surface area contributed by atoms with E-state index in [0.29, 0.717) is 6.54 Å². The summed E-state index contributed by atoms with van der Waals surface area (Å²) in [6, 6.07) is 8.59.